The van der Waals surface area contributed by atoms with Gasteiger partial charge in [0.15, 0.2) is 0 Å². The average molecular weight is 223 g/mol. The Morgan fingerprint density at radius 1 is 1.55 bits per heavy atom. The number of epoxide rings is 1. The molecule has 0 N–H and O–H groups in total. The molecule has 0 saturated carbocycles. The minimum atomic E-state index is 0.0639. The Balaban J connectivity index is 1.81. The molecule has 0 aliphatic carbocycles. The third-order valence-electron chi connectivity index (χ3n) is 1.72. The lowest BCUT2D eigenvalue weighted by atomic mass is 10.2. The van der Waals surface area contributed by atoms with Crippen molar-refractivity contribution in [3.63, 3.8) is 0 Å². The standard InChI is InChI=1S/C8H15BrO2/c1-8(7-11-8)6-10-5-3-2-4-9/h2-7H2,1H3. The van der Waals surface area contributed by atoms with Gasteiger partial charge in [-0.3, -0.25) is 0 Å². The van der Waals surface area contributed by atoms with Crippen LogP contribution in [0.1, 0.15) is 19.8 Å². The van der Waals surface area contributed by atoms with Crippen LogP contribution in [-0.4, -0.2) is 30.8 Å². The summed E-state index contributed by atoms with van der Waals surface area (Å²) in [5.74, 6) is 0. The Morgan fingerprint density at radius 2 is 2.27 bits per heavy atom. The lowest BCUT2D eigenvalue weighted by Crippen LogP contribution is -2.14. The van der Waals surface area contributed by atoms with Crippen LogP contribution < -0.4 is 0 Å². The minimum Gasteiger partial charge on any atom is -0.378 e. The zero-order chi connectivity index (χ0) is 8.16. The van der Waals surface area contributed by atoms with Crippen molar-refractivity contribution in [3.8, 4) is 0 Å². The van der Waals surface area contributed by atoms with E-state index in [4.69, 9.17) is 9.47 Å². The molecular weight excluding hydrogens is 208 g/mol. The molecule has 0 aromatic carbocycles. The van der Waals surface area contributed by atoms with Crippen molar-refractivity contribution in [1.29, 1.82) is 0 Å². The second-order valence-corrected chi connectivity index (χ2v) is 3.98. The molecule has 1 heterocycles. The van der Waals surface area contributed by atoms with Crippen molar-refractivity contribution >= 4 is 15.9 Å². The van der Waals surface area contributed by atoms with Gasteiger partial charge in [0.1, 0.15) is 5.60 Å². The normalized spacial score (nSPS) is 28.9. The van der Waals surface area contributed by atoms with Crippen LogP contribution in [-0.2, 0) is 9.47 Å². The summed E-state index contributed by atoms with van der Waals surface area (Å²) in [7, 11) is 0. The third kappa shape index (κ3) is 4.09. The van der Waals surface area contributed by atoms with Crippen molar-refractivity contribution in [1.82, 2.24) is 0 Å². The van der Waals surface area contributed by atoms with Crippen molar-refractivity contribution < 1.29 is 9.47 Å². The number of rotatable bonds is 6. The minimum absolute atomic E-state index is 0.0639. The van der Waals surface area contributed by atoms with E-state index in [1.54, 1.807) is 0 Å². The van der Waals surface area contributed by atoms with E-state index in [1.165, 1.54) is 6.42 Å². The molecule has 11 heavy (non-hydrogen) atoms. The summed E-state index contributed by atoms with van der Waals surface area (Å²) in [5.41, 5.74) is 0.0639. The molecule has 1 fully saturated rings. The molecule has 1 atom stereocenters. The molecule has 1 unspecified atom stereocenters. The number of alkyl halides is 1. The molecule has 3 heteroatoms. The van der Waals surface area contributed by atoms with E-state index in [2.05, 4.69) is 22.9 Å². The molecule has 66 valence electrons. The van der Waals surface area contributed by atoms with Crippen LogP contribution in [0.4, 0.5) is 0 Å². The zero-order valence-electron chi connectivity index (χ0n) is 6.94. The molecule has 0 radical (unpaired) electrons. The maximum absolute atomic E-state index is 5.42. The van der Waals surface area contributed by atoms with Crippen LogP contribution in [0.2, 0.25) is 0 Å². The Hall–Kier alpha value is 0.400. The number of halogens is 1. The highest BCUT2D eigenvalue weighted by molar-refractivity contribution is 9.09. The smallest absolute Gasteiger partial charge is 0.112 e. The van der Waals surface area contributed by atoms with Crippen molar-refractivity contribution in [3.05, 3.63) is 0 Å². The number of hydrogen-bond donors (Lipinski definition) is 0. The summed E-state index contributed by atoms with van der Waals surface area (Å²) in [4.78, 5) is 0. The zero-order valence-corrected chi connectivity index (χ0v) is 8.52. The largest absolute Gasteiger partial charge is 0.378 e. The van der Waals surface area contributed by atoms with Crippen LogP contribution in [0.5, 0.6) is 0 Å². The second-order valence-electron chi connectivity index (χ2n) is 3.19. The van der Waals surface area contributed by atoms with E-state index < -0.39 is 0 Å². The Morgan fingerprint density at radius 3 is 2.82 bits per heavy atom. The van der Waals surface area contributed by atoms with Crippen LogP contribution in [0.3, 0.4) is 0 Å². The van der Waals surface area contributed by atoms with Crippen molar-refractivity contribution in [2.75, 3.05) is 25.2 Å². The summed E-state index contributed by atoms with van der Waals surface area (Å²) in [6.45, 7) is 4.57. The number of unbranched alkanes of at least 4 members (excludes halogenated alkanes) is 1. The average Bonchev–Trinajstić information content (AvgIpc) is 2.69. The molecule has 1 aliphatic rings. The van der Waals surface area contributed by atoms with Crippen LogP contribution in [0, 0.1) is 0 Å². The van der Waals surface area contributed by atoms with Gasteiger partial charge >= 0.3 is 0 Å². The topological polar surface area (TPSA) is 21.8 Å². The van der Waals surface area contributed by atoms with Crippen molar-refractivity contribution in [2.24, 2.45) is 0 Å². The van der Waals surface area contributed by atoms with Gasteiger partial charge in [0.25, 0.3) is 0 Å². The molecule has 0 amide bonds. The van der Waals surface area contributed by atoms with Crippen LogP contribution in [0.15, 0.2) is 0 Å². The van der Waals surface area contributed by atoms with E-state index in [0.29, 0.717) is 0 Å². The first-order valence-electron chi connectivity index (χ1n) is 4.04. The fraction of sp³-hybridized carbons (Fsp3) is 1.00. The summed E-state index contributed by atoms with van der Waals surface area (Å²) >= 11 is 3.37. The fourth-order valence-electron chi connectivity index (χ4n) is 0.793. The molecule has 0 aromatic rings. The number of hydrogen-bond acceptors (Lipinski definition) is 2. The van der Waals surface area contributed by atoms with E-state index >= 15 is 0 Å². The molecule has 0 aromatic heterocycles. The van der Waals surface area contributed by atoms with Gasteiger partial charge < -0.3 is 9.47 Å². The van der Waals surface area contributed by atoms with Gasteiger partial charge in [-0.15, -0.1) is 0 Å². The Kier molecular flexibility index (Phi) is 3.82. The lowest BCUT2D eigenvalue weighted by molar-refractivity contribution is 0.0836. The highest BCUT2D eigenvalue weighted by atomic mass is 79.9. The fourth-order valence-corrected chi connectivity index (χ4v) is 1.19. The molecule has 0 spiro atoms. The van der Waals surface area contributed by atoms with Gasteiger partial charge in [-0.2, -0.15) is 0 Å². The summed E-state index contributed by atoms with van der Waals surface area (Å²) in [6, 6.07) is 0. The van der Waals surface area contributed by atoms with Gasteiger partial charge in [-0.05, 0) is 19.8 Å². The third-order valence-corrected chi connectivity index (χ3v) is 2.28. The molecule has 1 saturated heterocycles. The molecule has 1 aliphatic heterocycles. The Bertz CT molecular complexity index is 113. The van der Waals surface area contributed by atoms with E-state index in [0.717, 1.165) is 31.6 Å². The first-order chi connectivity index (χ1) is 5.27. The Labute approximate surface area is 76.4 Å². The summed E-state index contributed by atoms with van der Waals surface area (Å²) < 4.78 is 10.6. The summed E-state index contributed by atoms with van der Waals surface area (Å²) in [5, 5.41) is 1.07. The summed E-state index contributed by atoms with van der Waals surface area (Å²) in [6.07, 6.45) is 2.33. The lowest BCUT2D eigenvalue weighted by Gasteiger charge is -2.05. The van der Waals surface area contributed by atoms with E-state index in [1.807, 2.05) is 0 Å². The van der Waals surface area contributed by atoms with Gasteiger partial charge in [0.2, 0.25) is 0 Å². The highest BCUT2D eigenvalue weighted by Crippen LogP contribution is 2.25. The van der Waals surface area contributed by atoms with Crippen molar-refractivity contribution in [2.45, 2.75) is 25.4 Å². The number of ether oxygens (including phenoxy) is 2. The highest BCUT2D eigenvalue weighted by Gasteiger charge is 2.39. The molecular formula is C8H15BrO2. The quantitative estimate of drug-likeness (QED) is 0.390. The monoisotopic (exact) mass is 222 g/mol. The first-order valence-corrected chi connectivity index (χ1v) is 5.17. The molecule has 0 bridgehead atoms. The molecule has 1 rings (SSSR count). The first kappa shape index (κ1) is 9.49. The van der Waals surface area contributed by atoms with Gasteiger partial charge in [0.05, 0.1) is 13.2 Å². The second kappa shape index (κ2) is 4.43. The van der Waals surface area contributed by atoms with Gasteiger partial charge in [-0.25, -0.2) is 0 Å². The van der Waals surface area contributed by atoms with Gasteiger partial charge in [0, 0.05) is 11.9 Å². The van der Waals surface area contributed by atoms with E-state index in [-0.39, 0.29) is 5.60 Å². The van der Waals surface area contributed by atoms with Gasteiger partial charge in [-0.1, -0.05) is 15.9 Å². The predicted molar refractivity (Wildman–Crippen MR) is 48.2 cm³/mol. The maximum Gasteiger partial charge on any atom is 0.112 e. The van der Waals surface area contributed by atoms with E-state index in [9.17, 15) is 0 Å². The van der Waals surface area contributed by atoms with Crippen LogP contribution >= 0.6 is 15.9 Å². The maximum atomic E-state index is 5.42. The molecule has 2 nitrogen and oxygen atoms in total. The SMILES string of the molecule is CC1(COCCCCBr)CO1. The van der Waals surface area contributed by atoms with Crippen LogP contribution in [0.25, 0.3) is 0 Å². The predicted octanol–water partition coefficient (Wildman–Crippen LogP) is 1.97.